The van der Waals surface area contributed by atoms with Gasteiger partial charge in [0, 0.05) is 25.6 Å². The third kappa shape index (κ3) is 3.01. The molecule has 0 spiro atoms. The summed E-state index contributed by atoms with van der Waals surface area (Å²) in [5, 5.41) is 9.37. The van der Waals surface area contributed by atoms with Crippen LogP contribution in [0.5, 0.6) is 5.75 Å². The van der Waals surface area contributed by atoms with Crippen molar-refractivity contribution in [1.82, 2.24) is 4.90 Å². The molecule has 0 heterocycles. The van der Waals surface area contributed by atoms with Crippen molar-refractivity contribution in [2.24, 2.45) is 5.73 Å². The van der Waals surface area contributed by atoms with E-state index in [-0.39, 0.29) is 17.2 Å². The summed E-state index contributed by atoms with van der Waals surface area (Å²) in [5.41, 5.74) is 6.72. The Morgan fingerprint density at radius 1 is 1.50 bits per heavy atom. The van der Waals surface area contributed by atoms with Gasteiger partial charge in [0.05, 0.1) is 0 Å². The third-order valence-corrected chi connectivity index (χ3v) is 3.61. The Morgan fingerprint density at radius 3 is 2.78 bits per heavy atom. The molecule has 4 nitrogen and oxygen atoms in total. The molecule has 1 aromatic carbocycles. The summed E-state index contributed by atoms with van der Waals surface area (Å²) in [7, 11) is 1.77. The van der Waals surface area contributed by atoms with Crippen molar-refractivity contribution < 1.29 is 9.90 Å². The van der Waals surface area contributed by atoms with Gasteiger partial charge < -0.3 is 15.7 Å². The molecule has 1 fully saturated rings. The first kappa shape index (κ1) is 12.9. The van der Waals surface area contributed by atoms with Gasteiger partial charge in [0.2, 0.25) is 5.91 Å². The number of nitrogens with zero attached hydrogens (tertiary/aromatic N) is 1. The van der Waals surface area contributed by atoms with Gasteiger partial charge >= 0.3 is 0 Å². The molecule has 18 heavy (non-hydrogen) atoms. The Kier molecular flexibility index (Phi) is 3.57. The van der Waals surface area contributed by atoms with Gasteiger partial charge in [0.1, 0.15) is 5.75 Å². The minimum absolute atomic E-state index is 0.0699. The van der Waals surface area contributed by atoms with Gasteiger partial charge in [-0.25, -0.2) is 0 Å². The number of hydrogen-bond donors (Lipinski definition) is 2. The first-order chi connectivity index (χ1) is 8.48. The first-order valence-electron chi connectivity index (χ1n) is 6.29. The van der Waals surface area contributed by atoms with Crippen molar-refractivity contribution in [1.29, 1.82) is 0 Å². The zero-order valence-corrected chi connectivity index (χ0v) is 10.7. The molecule has 1 saturated carbocycles. The van der Waals surface area contributed by atoms with Gasteiger partial charge in [-0.2, -0.15) is 0 Å². The second kappa shape index (κ2) is 4.98. The topological polar surface area (TPSA) is 66.6 Å². The van der Waals surface area contributed by atoms with Gasteiger partial charge in [0.15, 0.2) is 0 Å². The summed E-state index contributed by atoms with van der Waals surface area (Å²) in [6.07, 6.45) is 3.43. The standard InChI is InChI=1S/C14H20N2O2/c1-16(10-11-4-2-5-12(17)8-11)13(18)9-14(15)6-3-7-14/h2,4-5,8,17H,3,6-7,9-10,15H2,1H3. The molecule has 0 radical (unpaired) electrons. The largest absolute Gasteiger partial charge is 0.508 e. The lowest BCUT2D eigenvalue weighted by molar-refractivity contribution is -0.132. The predicted molar refractivity (Wildman–Crippen MR) is 70.0 cm³/mol. The molecular weight excluding hydrogens is 228 g/mol. The fourth-order valence-corrected chi connectivity index (χ4v) is 2.26. The average Bonchev–Trinajstić information content (AvgIpc) is 2.26. The van der Waals surface area contributed by atoms with E-state index >= 15 is 0 Å². The number of phenols is 1. The monoisotopic (exact) mass is 248 g/mol. The van der Waals surface area contributed by atoms with E-state index in [4.69, 9.17) is 5.73 Å². The van der Waals surface area contributed by atoms with Crippen molar-refractivity contribution in [2.45, 2.75) is 37.8 Å². The SMILES string of the molecule is CN(Cc1cccc(O)c1)C(=O)CC1(N)CCC1. The zero-order valence-electron chi connectivity index (χ0n) is 10.7. The third-order valence-electron chi connectivity index (χ3n) is 3.61. The summed E-state index contributed by atoms with van der Waals surface area (Å²) in [6, 6.07) is 6.96. The molecule has 1 aliphatic carbocycles. The van der Waals surface area contributed by atoms with Crippen molar-refractivity contribution in [3.05, 3.63) is 29.8 Å². The maximum absolute atomic E-state index is 12.0. The van der Waals surface area contributed by atoms with Gasteiger partial charge in [-0.3, -0.25) is 4.79 Å². The first-order valence-corrected chi connectivity index (χ1v) is 6.29. The van der Waals surface area contributed by atoms with Crippen LogP contribution < -0.4 is 5.73 Å². The Hall–Kier alpha value is -1.55. The van der Waals surface area contributed by atoms with Crippen LogP contribution in [0.15, 0.2) is 24.3 Å². The van der Waals surface area contributed by atoms with E-state index in [0.29, 0.717) is 13.0 Å². The Morgan fingerprint density at radius 2 is 2.22 bits per heavy atom. The minimum atomic E-state index is -0.274. The maximum atomic E-state index is 12.0. The molecule has 0 saturated heterocycles. The second-order valence-electron chi connectivity index (χ2n) is 5.31. The highest BCUT2D eigenvalue weighted by molar-refractivity contribution is 5.77. The van der Waals surface area contributed by atoms with Crippen LogP contribution in [0.1, 0.15) is 31.2 Å². The molecule has 0 bridgehead atoms. The Bertz CT molecular complexity index is 441. The lowest BCUT2D eigenvalue weighted by Crippen LogP contribution is -2.50. The number of hydrogen-bond acceptors (Lipinski definition) is 3. The van der Waals surface area contributed by atoms with Crippen molar-refractivity contribution in [3.8, 4) is 5.75 Å². The maximum Gasteiger partial charge on any atom is 0.224 e. The molecule has 0 unspecified atom stereocenters. The summed E-state index contributed by atoms with van der Waals surface area (Å²) in [6.45, 7) is 0.503. The molecule has 3 N–H and O–H groups in total. The van der Waals surface area contributed by atoms with Crippen LogP contribution in [-0.2, 0) is 11.3 Å². The summed E-state index contributed by atoms with van der Waals surface area (Å²) >= 11 is 0. The summed E-state index contributed by atoms with van der Waals surface area (Å²) in [5.74, 6) is 0.295. The van der Waals surface area contributed by atoms with Crippen molar-refractivity contribution in [3.63, 3.8) is 0 Å². The molecule has 0 atom stereocenters. The number of nitrogens with two attached hydrogens (primary N) is 1. The van der Waals surface area contributed by atoms with Gasteiger partial charge in [0.25, 0.3) is 0 Å². The van der Waals surface area contributed by atoms with E-state index in [0.717, 1.165) is 24.8 Å². The number of carbonyl (C=O) groups excluding carboxylic acids is 1. The van der Waals surface area contributed by atoms with Crippen LogP contribution in [0.25, 0.3) is 0 Å². The van der Waals surface area contributed by atoms with E-state index < -0.39 is 0 Å². The quantitative estimate of drug-likeness (QED) is 0.851. The molecule has 0 aromatic heterocycles. The van der Waals surface area contributed by atoms with Crippen LogP contribution in [0.4, 0.5) is 0 Å². The number of amides is 1. The van der Waals surface area contributed by atoms with Gasteiger partial charge in [-0.1, -0.05) is 12.1 Å². The van der Waals surface area contributed by atoms with Crippen LogP contribution in [0, 0.1) is 0 Å². The van der Waals surface area contributed by atoms with Crippen LogP contribution in [0.2, 0.25) is 0 Å². The molecule has 2 rings (SSSR count). The molecule has 98 valence electrons. The van der Waals surface area contributed by atoms with Crippen LogP contribution in [0.3, 0.4) is 0 Å². The van der Waals surface area contributed by atoms with E-state index in [9.17, 15) is 9.90 Å². The molecule has 1 aromatic rings. The van der Waals surface area contributed by atoms with Crippen LogP contribution >= 0.6 is 0 Å². The minimum Gasteiger partial charge on any atom is -0.508 e. The summed E-state index contributed by atoms with van der Waals surface area (Å²) in [4.78, 5) is 13.7. The number of phenolic OH excluding ortho intramolecular Hbond substituents is 1. The summed E-state index contributed by atoms with van der Waals surface area (Å²) < 4.78 is 0. The highest BCUT2D eigenvalue weighted by Crippen LogP contribution is 2.32. The normalized spacial score (nSPS) is 17.0. The molecule has 1 amide bonds. The highest BCUT2D eigenvalue weighted by Gasteiger charge is 2.35. The second-order valence-corrected chi connectivity index (χ2v) is 5.31. The fourth-order valence-electron chi connectivity index (χ4n) is 2.26. The molecule has 4 heteroatoms. The smallest absolute Gasteiger partial charge is 0.224 e. The van der Waals surface area contributed by atoms with E-state index in [1.54, 1.807) is 30.1 Å². The van der Waals surface area contributed by atoms with Crippen molar-refractivity contribution in [2.75, 3.05) is 7.05 Å². The van der Waals surface area contributed by atoms with E-state index in [1.807, 2.05) is 6.07 Å². The number of benzene rings is 1. The lowest BCUT2D eigenvalue weighted by atomic mass is 9.75. The number of carbonyl (C=O) groups is 1. The molecular formula is C14H20N2O2. The average molecular weight is 248 g/mol. The fraction of sp³-hybridized carbons (Fsp3) is 0.500. The molecule has 1 aliphatic rings. The Labute approximate surface area is 107 Å². The number of rotatable bonds is 4. The van der Waals surface area contributed by atoms with Gasteiger partial charge in [-0.15, -0.1) is 0 Å². The van der Waals surface area contributed by atoms with E-state index in [1.165, 1.54) is 0 Å². The molecule has 0 aliphatic heterocycles. The predicted octanol–water partition coefficient (Wildman–Crippen LogP) is 1.62. The number of aromatic hydroxyl groups is 1. The highest BCUT2D eigenvalue weighted by atomic mass is 16.3. The lowest BCUT2D eigenvalue weighted by Gasteiger charge is -2.38. The zero-order chi connectivity index (χ0) is 13.2. The van der Waals surface area contributed by atoms with Gasteiger partial charge in [-0.05, 0) is 37.0 Å². The van der Waals surface area contributed by atoms with Crippen molar-refractivity contribution >= 4 is 5.91 Å². The Balaban J connectivity index is 1.91. The van der Waals surface area contributed by atoms with E-state index in [2.05, 4.69) is 0 Å². The van der Waals surface area contributed by atoms with Crippen LogP contribution in [-0.4, -0.2) is 28.5 Å².